The highest BCUT2D eigenvalue weighted by Crippen LogP contribution is 2.23. The summed E-state index contributed by atoms with van der Waals surface area (Å²) in [6, 6.07) is 8.20. The Bertz CT molecular complexity index is 599. The van der Waals surface area contributed by atoms with Gasteiger partial charge in [-0.2, -0.15) is 9.94 Å². The summed E-state index contributed by atoms with van der Waals surface area (Å²) < 4.78 is 1.66. The molecule has 0 aliphatic rings. The lowest BCUT2D eigenvalue weighted by Gasteiger charge is -2.07. The molecule has 0 N–H and O–H groups in total. The van der Waals surface area contributed by atoms with Crippen LogP contribution in [0, 0.1) is 25.2 Å². The molecule has 0 spiro atoms. The van der Waals surface area contributed by atoms with E-state index < -0.39 is 0 Å². The van der Waals surface area contributed by atoms with Crippen molar-refractivity contribution in [2.75, 3.05) is 0 Å². The van der Waals surface area contributed by atoms with Crippen LogP contribution in [0.4, 0.5) is 0 Å². The summed E-state index contributed by atoms with van der Waals surface area (Å²) in [4.78, 5) is 0. The fourth-order valence-corrected chi connectivity index (χ4v) is 2.15. The Labute approximate surface area is 110 Å². The van der Waals surface area contributed by atoms with Crippen LogP contribution in [0.15, 0.2) is 23.4 Å². The molecule has 0 amide bonds. The second kappa shape index (κ2) is 5.19. The van der Waals surface area contributed by atoms with E-state index in [9.17, 15) is 0 Å². The second-order valence-electron chi connectivity index (χ2n) is 4.03. The average molecular weight is 259 g/mol. The van der Waals surface area contributed by atoms with E-state index in [-0.39, 0.29) is 5.25 Å². The largest absolute Gasteiger partial charge is 0.215 e. The van der Waals surface area contributed by atoms with Crippen molar-refractivity contribution in [1.82, 2.24) is 20.2 Å². The van der Waals surface area contributed by atoms with Gasteiger partial charge in [-0.05, 0) is 54.5 Å². The highest BCUT2D eigenvalue weighted by atomic mass is 32.2. The van der Waals surface area contributed by atoms with E-state index in [1.807, 2.05) is 32.0 Å². The number of benzene rings is 1. The van der Waals surface area contributed by atoms with Crippen LogP contribution in [0.1, 0.15) is 18.1 Å². The molecule has 0 aliphatic heterocycles. The van der Waals surface area contributed by atoms with Crippen molar-refractivity contribution >= 4 is 11.8 Å². The van der Waals surface area contributed by atoms with Gasteiger partial charge in [0.25, 0.3) is 0 Å². The molecule has 1 aromatic heterocycles. The fourth-order valence-electron chi connectivity index (χ4n) is 1.46. The first-order valence-electron chi connectivity index (χ1n) is 5.54. The van der Waals surface area contributed by atoms with Crippen molar-refractivity contribution in [2.24, 2.45) is 0 Å². The number of thioether (sulfide) groups is 1. The molecule has 18 heavy (non-hydrogen) atoms. The van der Waals surface area contributed by atoms with Crippen molar-refractivity contribution in [1.29, 1.82) is 5.26 Å². The van der Waals surface area contributed by atoms with E-state index in [0.29, 0.717) is 5.16 Å². The Hall–Kier alpha value is -1.87. The third kappa shape index (κ3) is 2.51. The average Bonchev–Trinajstić information content (AvgIpc) is 2.80. The molecule has 2 rings (SSSR count). The molecule has 0 unspecified atom stereocenters. The molecule has 5 nitrogen and oxygen atoms in total. The van der Waals surface area contributed by atoms with Crippen molar-refractivity contribution in [3.8, 4) is 11.8 Å². The van der Waals surface area contributed by atoms with Gasteiger partial charge >= 0.3 is 0 Å². The van der Waals surface area contributed by atoms with Crippen LogP contribution in [0.25, 0.3) is 5.69 Å². The molecule has 0 bridgehead atoms. The Kier molecular flexibility index (Phi) is 3.63. The van der Waals surface area contributed by atoms with Gasteiger partial charge in [-0.3, -0.25) is 0 Å². The highest BCUT2D eigenvalue weighted by molar-refractivity contribution is 8.00. The molecule has 0 fully saturated rings. The molecule has 1 heterocycles. The van der Waals surface area contributed by atoms with Crippen LogP contribution in [0.3, 0.4) is 0 Å². The lowest BCUT2D eigenvalue weighted by atomic mass is 10.1. The summed E-state index contributed by atoms with van der Waals surface area (Å²) in [5, 5.41) is 20.9. The maximum atomic E-state index is 8.83. The Balaban J connectivity index is 2.36. The SMILES string of the molecule is Cc1ccc(-n2nnnc2S[C@H](C)C#N)cc1C. The van der Waals surface area contributed by atoms with Crippen LogP contribution < -0.4 is 0 Å². The Morgan fingerprint density at radius 2 is 2.11 bits per heavy atom. The van der Waals surface area contributed by atoms with Gasteiger partial charge in [0, 0.05) is 0 Å². The van der Waals surface area contributed by atoms with Crippen LogP contribution in [-0.2, 0) is 0 Å². The summed E-state index contributed by atoms with van der Waals surface area (Å²) in [5.74, 6) is 0. The van der Waals surface area contributed by atoms with Crippen LogP contribution in [-0.4, -0.2) is 25.5 Å². The minimum absolute atomic E-state index is 0.179. The summed E-state index contributed by atoms with van der Waals surface area (Å²) in [6.45, 7) is 5.93. The number of hydrogen-bond acceptors (Lipinski definition) is 5. The summed E-state index contributed by atoms with van der Waals surface area (Å²) in [6.07, 6.45) is 0. The summed E-state index contributed by atoms with van der Waals surface area (Å²) >= 11 is 1.35. The fraction of sp³-hybridized carbons (Fsp3) is 0.333. The van der Waals surface area contributed by atoms with Crippen molar-refractivity contribution < 1.29 is 0 Å². The lowest BCUT2D eigenvalue weighted by molar-refractivity contribution is 0.755. The van der Waals surface area contributed by atoms with Crippen molar-refractivity contribution in [3.63, 3.8) is 0 Å². The molecular weight excluding hydrogens is 246 g/mol. The lowest BCUT2D eigenvalue weighted by Crippen LogP contribution is -2.02. The zero-order valence-corrected chi connectivity index (χ0v) is 11.3. The van der Waals surface area contributed by atoms with Gasteiger partial charge in [0.1, 0.15) is 0 Å². The molecule has 0 saturated carbocycles. The van der Waals surface area contributed by atoms with Gasteiger partial charge in [0.15, 0.2) is 0 Å². The number of rotatable bonds is 3. The maximum Gasteiger partial charge on any atom is 0.215 e. The first-order chi connectivity index (χ1) is 8.61. The molecule has 92 valence electrons. The first kappa shape index (κ1) is 12.6. The number of nitriles is 1. The number of hydrogen-bond donors (Lipinski definition) is 0. The van der Waals surface area contributed by atoms with E-state index >= 15 is 0 Å². The number of nitrogens with zero attached hydrogens (tertiary/aromatic N) is 5. The van der Waals surface area contributed by atoms with Gasteiger partial charge < -0.3 is 0 Å². The van der Waals surface area contributed by atoms with Crippen LogP contribution in [0.2, 0.25) is 0 Å². The Morgan fingerprint density at radius 3 is 2.78 bits per heavy atom. The maximum absolute atomic E-state index is 8.83. The zero-order valence-electron chi connectivity index (χ0n) is 10.5. The second-order valence-corrected chi connectivity index (χ2v) is 5.34. The number of aryl methyl sites for hydroxylation is 2. The molecule has 0 saturated heterocycles. The minimum Gasteiger partial charge on any atom is -0.197 e. The molecule has 2 aromatic rings. The normalized spacial score (nSPS) is 12.1. The number of tetrazole rings is 1. The predicted molar refractivity (Wildman–Crippen MR) is 69.6 cm³/mol. The summed E-state index contributed by atoms with van der Waals surface area (Å²) in [7, 11) is 0. The van der Waals surface area contributed by atoms with Crippen molar-refractivity contribution in [3.05, 3.63) is 29.3 Å². The quantitative estimate of drug-likeness (QED) is 0.791. The molecule has 1 aromatic carbocycles. The van der Waals surface area contributed by atoms with Crippen LogP contribution in [0.5, 0.6) is 0 Å². The van der Waals surface area contributed by atoms with Gasteiger partial charge in [-0.25, -0.2) is 0 Å². The summed E-state index contributed by atoms with van der Waals surface area (Å²) in [5.41, 5.74) is 3.33. The van der Waals surface area contributed by atoms with E-state index in [0.717, 1.165) is 5.69 Å². The molecule has 6 heteroatoms. The standard InChI is InChI=1S/C12H13N5S/c1-8-4-5-11(6-9(8)2)17-12(14-15-16-17)18-10(3)7-13/h4-6,10H,1-3H3/t10-/m1/s1. The van der Waals surface area contributed by atoms with E-state index in [4.69, 9.17) is 5.26 Å². The van der Waals surface area contributed by atoms with Crippen molar-refractivity contribution in [2.45, 2.75) is 31.2 Å². The first-order valence-corrected chi connectivity index (χ1v) is 6.42. The topological polar surface area (TPSA) is 67.4 Å². The smallest absolute Gasteiger partial charge is 0.197 e. The molecule has 0 aliphatic carbocycles. The van der Waals surface area contributed by atoms with Gasteiger partial charge in [-0.15, -0.1) is 5.10 Å². The number of aromatic nitrogens is 4. The van der Waals surface area contributed by atoms with E-state index in [2.05, 4.69) is 28.5 Å². The molecule has 1 atom stereocenters. The van der Waals surface area contributed by atoms with Gasteiger partial charge in [0.05, 0.1) is 17.0 Å². The third-order valence-electron chi connectivity index (χ3n) is 2.64. The van der Waals surface area contributed by atoms with Crippen LogP contribution >= 0.6 is 11.8 Å². The zero-order chi connectivity index (χ0) is 13.1. The molecule has 0 radical (unpaired) electrons. The molecular formula is C12H13N5S. The predicted octanol–water partition coefficient (Wildman–Crippen LogP) is 2.28. The van der Waals surface area contributed by atoms with Gasteiger partial charge in [-0.1, -0.05) is 17.8 Å². The minimum atomic E-state index is -0.179. The monoisotopic (exact) mass is 259 g/mol. The highest BCUT2D eigenvalue weighted by Gasteiger charge is 2.12. The Morgan fingerprint density at radius 1 is 1.33 bits per heavy atom. The third-order valence-corrected chi connectivity index (χ3v) is 3.56. The van der Waals surface area contributed by atoms with E-state index in [1.165, 1.54) is 22.9 Å². The van der Waals surface area contributed by atoms with Gasteiger partial charge in [0.2, 0.25) is 5.16 Å². The van der Waals surface area contributed by atoms with E-state index in [1.54, 1.807) is 4.68 Å².